The number of unbranched alkanes of at least 4 members (excludes halogenated alkanes) is 3. The highest BCUT2D eigenvalue weighted by Gasteiger charge is 2.42. The van der Waals surface area contributed by atoms with E-state index < -0.39 is 17.7 Å². The Balaban J connectivity index is 1.90. The molecule has 3 aromatic rings. The summed E-state index contributed by atoms with van der Waals surface area (Å²) in [6, 6.07) is 15.7. The molecule has 0 radical (unpaired) electrons. The van der Waals surface area contributed by atoms with Crippen molar-refractivity contribution in [1.29, 1.82) is 0 Å². The maximum Gasteiger partial charge on any atom is 0.352 e. The number of aromatic nitrogens is 1. The molecule has 2 aromatic carbocycles. The number of carbonyl (C=O) groups excluding carboxylic acids is 2. The number of esters is 2. The number of phenols is 1. The zero-order valence-electron chi connectivity index (χ0n) is 28.3. The van der Waals surface area contributed by atoms with Crippen LogP contribution >= 0.6 is 0 Å². The molecule has 2 N–H and O–H groups in total. The minimum Gasteiger partial charge on any atom is -0.507 e. The van der Waals surface area contributed by atoms with Gasteiger partial charge in [-0.05, 0) is 41.5 Å². The molecule has 0 saturated carbocycles. The number of cyclic esters (lactones) is 2. The number of pyridine rings is 1. The van der Waals surface area contributed by atoms with Crippen molar-refractivity contribution in [1.82, 2.24) is 9.88 Å². The highest BCUT2D eigenvalue weighted by molar-refractivity contribution is 6.16. The van der Waals surface area contributed by atoms with Gasteiger partial charge in [0.05, 0.1) is 17.8 Å². The fraction of sp³-hybridized carbons (Fsp3) is 0.486. The smallest absolute Gasteiger partial charge is 0.352 e. The summed E-state index contributed by atoms with van der Waals surface area (Å²) >= 11 is 0. The van der Waals surface area contributed by atoms with Crippen LogP contribution < -0.4 is 5.32 Å². The van der Waals surface area contributed by atoms with Gasteiger partial charge in [0.25, 0.3) is 5.79 Å². The maximum atomic E-state index is 13.6. The predicted molar refractivity (Wildman–Crippen MR) is 179 cm³/mol. The number of hydrogen-bond donors (Lipinski definition) is 2. The van der Waals surface area contributed by atoms with Crippen molar-refractivity contribution in [2.45, 2.75) is 111 Å². The number of nitrogens with zero attached hydrogens (tertiary/aromatic N) is 2. The fourth-order valence-electron chi connectivity index (χ4n) is 5.52. The number of aromatic hydroxyl groups is 1. The third-order valence-electron chi connectivity index (χ3n) is 7.92. The summed E-state index contributed by atoms with van der Waals surface area (Å²) < 4.78 is 11.2. The third kappa shape index (κ3) is 8.16. The van der Waals surface area contributed by atoms with E-state index in [1.807, 2.05) is 95.0 Å². The van der Waals surface area contributed by atoms with Gasteiger partial charge in [0, 0.05) is 42.6 Å². The van der Waals surface area contributed by atoms with Crippen molar-refractivity contribution in [2.24, 2.45) is 0 Å². The number of para-hydroxylation sites is 1. The Morgan fingerprint density at radius 1 is 0.889 bits per heavy atom. The molecule has 1 aromatic heterocycles. The SMILES string of the molecule is CCCCCCN(Cc1ccc2ccccc2n1)C(Nc1cc(C(C)(C)C)c(O)c(C(C)(C)C)c1)=C1C(=O)OC(C)(C)OC1=O. The zero-order valence-corrected chi connectivity index (χ0v) is 28.3. The van der Waals surface area contributed by atoms with Crippen LogP contribution in [0, 0.1) is 0 Å². The second-order valence-electron chi connectivity index (χ2n) is 14.4. The van der Waals surface area contributed by atoms with E-state index >= 15 is 0 Å². The van der Waals surface area contributed by atoms with Crippen LogP contribution in [0.15, 0.2) is 59.9 Å². The molecule has 1 fully saturated rings. The first kappa shape index (κ1) is 33.8. The number of carbonyl (C=O) groups is 2. The number of phenolic OH excluding ortho intramolecular Hbond substituents is 1. The standard InChI is InChI=1S/C37H49N3O5/c1-10-11-12-15-20-40(23-25-19-18-24-16-13-14-17-29(24)38-25)32(30-33(42)44-37(8,9)45-34(30)43)39-26-21-27(35(2,3)4)31(41)28(22-26)36(5,6)7/h13-14,16-19,21-22,39,41H,10-12,15,20,23H2,1-9H3. The lowest BCUT2D eigenvalue weighted by Crippen LogP contribution is -2.44. The van der Waals surface area contributed by atoms with Gasteiger partial charge in [-0.2, -0.15) is 0 Å². The largest absolute Gasteiger partial charge is 0.507 e. The quantitative estimate of drug-likeness (QED) is 0.0776. The van der Waals surface area contributed by atoms with E-state index in [1.165, 1.54) is 0 Å². The molecule has 242 valence electrons. The minimum atomic E-state index is -1.38. The van der Waals surface area contributed by atoms with E-state index in [9.17, 15) is 14.7 Å². The second-order valence-corrected chi connectivity index (χ2v) is 14.4. The van der Waals surface area contributed by atoms with Gasteiger partial charge >= 0.3 is 11.9 Å². The third-order valence-corrected chi connectivity index (χ3v) is 7.92. The van der Waals surface area contributed by atoms with E-state index in [0.29, 0.717) is 18.8 Å². The molecule has 8 nitrogen and oxygen atoms in total. The Morgan fingerprint density at radius 2 is 1.49 bits per heavy atom. The Labute approximate surface area is 267 Å². The maximum absolute atomic E-state index is 13.6. The molecule has 4 rings (SSSR count). The zero-order chi connectivity index (χ0) is 33.2. The van der Waals surface area contributed by atoms with E-state index in [2.05, 4.69) is 12.2 Å². The van der Waals surface area contributed by atoms with Crippen LogP contribution in [0.5, 0.6) is 5.75 Å². The molecule has 8 heteroatoms. The first-order chi connectivity index (χ1) is 21.0. The summed E-state index contributed by atoms with van der Waals surface area (Å²) in [5.74, 6) is -2.36. The fourth-order valence-corrected chi connectivity index (χ4v) is 5.52. The molecule has 0 atom stereocenters. The Morgan fingerprint density at radius 3 is 2.07 bits per heavy atom. The molecular formula is C37H49N3O5. The van der Waals surface area contributed by atoms with Gasteiger partial charge in [-0.1, -0.05) is 92.0 Å². The molecule has 0 unspecified atom stereocenters. The van der Waals surface area contributed by atoms with Crippen molar-refractivity contribution >= 4 is 28.5 Å². The minimum absolute atomic E-state index is 0.201. The van der Waals surface area contributed by atoms with Gasteiger partial charge in [0.1, 0.15) is 11.6 Å². The van der Waals surface area contributed by atoms with Gasteiger partial charge in [0.15, 0.2) is 5.57 Å². The molecule has 0 amide bonds. The Kier molecular flexibility index (Phi) is 9.85. The number of rotatable bonds is 10. The van der Waals surface area contributed by atoms with Crippen molar-refractivity contribution in [2.75, 3.05) is 11.9 Å². The molecule has 2 heterocycles. The first-order valence-electron chi connectivity index (χ1n) is 16.0. The lowest BCUT2D eigenvalue weighted by Gasteiger charge is -2.35. The number of hydrogen-bond acceptors (Lipinski definition) is 8. The summed E-state index contributed by atoms with van der Waals surface area (Å²) in [7, 11) is 0. The molecule has 1 saturated heterocycles. The monoisotopic (exact) mass is 615 g/mol. The molecule has 0 bridgehead atoms. The van der Waals surface area contributed by atoms with E-state index in [0.717, 1.165) is 53.4 Å². The van der Waals surface area contributed by atoms with Gasteiger partial charge in [-0.3, -0.25) is 4.98 Å². The summed E-state index contributed by atoms with van der Waals surface area (Å²) in [6.07, 6.45) is 3.97. The molecule has 1 aliphatic rings. The van der Waals surface area contributed by atoms with Crippen LogP contribution in [-0.4, -0.2) is 39.3 Å². The lowest BCUT2D eigenvalue weighted by molar-refractivity contribution is -0.222. The summed E-state index contributed by atoms with van der Waals surface area (Å²) in [5, 5.41) is 15.8. The number of ether oxygens (including phenoxy) is 2. The van der Waals surface area contributed by atoms with Crippen LogP contribution in [-0.2, 0) is 36.4 Å². The number of nitrogens with one attached hydrogen (secondary N) is 1. The molecule has 0 aliphatic carbocycles. The highest BCUT2D eigenvalue weighted by atomic mass is 16.7. The van der Waals surface area contributed by atoms with Crippen LogP contribution in [0.4, 0.5) is 5.69 Å². The summed E-state index contributed by atoms with van der Waals surface area (Å²) in [6.45, 7) is 18.4. The number of anilines is 1. The lowest BCUT2D eigenvalue weighted by atomic mass is 9.79. The van der Waals surface area contributed by atoms with E-state index in [4.69, 9.17) is 14.5 Å². The summed E-state index contributed by atoms with van der Waals surface area (Å²) in [4.78, 5) is 34.0. The van der Waals surface area contributed by atoms with Crippen molar-refractivity contribution in [3.8, 4) is 5.75 Å². The molecule has 0 spiro atoms. The topological polar surface area (TPSA) is 101 Å². The number of benzene rings is 2. The van der Waals surface area contributed by atoms with E-state index in [-0.39, 0.29) is 28.0 Å². The average Bonchev–Trinajstić information content (AvgIpc) is 2.92. The normalized spacial score (nSPS) is 15.1. The van der Waals surface area contributed by atoms with Crippen molar-refractivity contribution < 1.29 is 24.2 Å². The number of fused-ring (bicyclic) bond motifs is 1. The van der Waals surface area contributed by atoms with Crippen LogP contribution in [0.2, 0.25) is 0 Å². The van der Waals surface area contributed by atoms with Gasteiger partial charge < -0.3 is 24.8 Å². The van der Waals surface area contributed by atoms with Crippen LogP contribution in [0.25, 0.3) is 10.9 Å². The highest BCUT2D eigenvalue weighted by Crippen LogP contribution is 2.42. The Hall–Kier alpha value is -4.07. The Bertz CT molecular complexity index is 1540. The van der Waals surface area contributed by atoms with Crippen molar-refractivity contribution in [3.05, 3.63) is 76.7 Å². The second kappa shape index (κ2) is 13.1. The first-order valence-corrected chi connectivity index (χ1v) is 16.0. The molecule has 45 heavy (non-hydrogen) atoms. The van der Waals surface area contributed by atoms with Crippen LogP contribution in [0.1, 0.15) is 105 Å². The molecule has 1 aliphatic heterocycles. The average molecular weight is 616 g/mol. The molecular weight excluding hydrogens is 566 g/mol. The van der Waals surface area contributed by atoms with Gasteiger partial charge in [-0.15, -0.1) is 0 Å². The van der Waals surface area contributed by atoms with Crippen LogP contribution in [0.3, 0.4) is 0 Å². The summed E-state index contributed by atoms with van der Waals surface area (Å²) in [5.41, 5.74) is 2.84. The predicted octanol–water partition coefficient (Wildman–Crippen LogP) is 8.08. The van der Waals surface area contributed by atoms with Crippen molar-refractivity contribution in [3.63, 3.8) is 0 Å². The van der Waals surface area contributed by atoms with E-state index in [1.54, 1.807) is 13.8 Å². The van der Waals surface area contributed by atoms with Gasteiger partial charge in [0.2, 0.25) is 0 Å². The van der Waals surface area contributed by atoms with Gasteiger partial charge in [-0.25, -0.2) is 9.59 Å².